The van der Waals surface area contributed by atoms with Gasteiger partial charge in [0.05, 0.1) is 5.92 Å². The quantitative estimate of drug-likeness (QED) is 0.471. The molecule has 0 aromatic carbocycles. The van der Waals surface area contributed by atoms with Crippen LogP contribution in [-0.2, 0) is 16.1 Å². The average Bonchev–Trinajstić information content (AvgIpc) is 3.15. The number of aromatic amines is 1. The molecule has 1 amide bonds. The van der Waals surface area contributed by atoms with Crippen LogP contribution < -0.4 is 21.9 Å². The lowest BCUT2D eigenvalue weighted by atomic mass is 10.1. The van der Waals surface area contributed by atoms with E-state index in [1.165, 1.54) is 9.47 Å². The van der Waals surface area contributed by atoms with Gasteiger partial charge < -0.3 is 15.4 Å². The van der Waals surface area contributed by atoms with Gasteiger partial charge >= 0.3 is 5.69 Å². The summed E-state index contributed by atoms with van der Waals surface area (Å²) in [5.74, 6) is -0.127. The lowest BCUT2D eigenvalue weighted by Crippen LogP contribution is -2.43. The van der Waals surface area contributed by atoms with E-state index in [-0.39, 0.29) is 47.1 Å². The average molecular weight is 421 g/mol. The van der Waals surface area contributed by atoms with Gasteiger partial charge in [0.1, 0.15) is 5.82 Å². The first-order valence-electron chi connectivity index (χ1n) is 10.5. The molecule has 0 bridgehead atoms. The summed E-state index contributed by atoms with van der Waals surface area (Å²) in [6, 6.07) is 0. The molecule has 1 fully saturated rings. The number of nitrogens with one attached hydrogen (secondary N) is 1. The van der Waals surface area contributed by atoms with Crippen LogP contribution in [0.4, 0.5) is 11.5 Å². The number of methoxy groups -OCH3 is 1. The van der Waals surface area contributed by atoms with Gasteiger partial charge in [-0.1, -0.05) is 39.3 Å². The Morgan fingerprint density at radius 3 is 2.50 bits per heavy atom. The molecule has 30 heavy (non-hydrogen) atoms. The van der Waals surface area contributed by atoms with Crippen LogP contribution in [-0.4, -0.2) is 35.7 Å². The number of rotatable bonds is 9. The van der Waals surface area contributed by atoms with E-state index in [0.29, 0.717) is 19.6 Å². The van der Waals surface area contributed by atoms with Gasteiger partial charge in [-0.2, -0.15) is 0 Å². The van der Waals surface area contributed by atoms with Crippen LogP contribution in [0, 0.1) is 23.2 Å². The number of amides is 1. The monoisotopic (exact) mass is 420 g/mol. The van der Waals surface area contributed by atoms with Crippen molar-refractivity contribution in [3.8, 4) is 0 Å². The number of H-pyrrole nitrogens is 1. The fourth-order valence-corrected chi connectivity index (χ4v) is 4.07. The fraction of sp³-hybridized carbons (Fsp3) is 0.682. The molecule has 1 saturated carbocycles. The number of nitrogen functional groups attached to an aromatic ring is 1. The first-order chi connectivity index (χ1) is 13.9. The van der Waals surface area contributed by atoms with Gasteiger partial charge in [0.15, 0.2) is 5.69 Å². The number of hydrogen-bond acceptors (Lipinski definition) is 5. The smallest absolute Gasteiger partial charge is 0.330 e. The van der Waals surface area contributed by atoms with Gasteiger partial charge in [0, 0.05) is 26.8 Å². The second-order valence-corrected chi connectivity index (χ2v) is 9.40. The predicted octanol–water partition coefficient (Wildman–Crippen LogP) is 2.38. The molecule has 0 radical (unpaired) electrons. The highest BCUT2D eigenvalue weighted by Crippen LogP contribution is 2.60. The van der Waals surface area contributed by atoms with E-state index in [2.05, 4.69) is 24.9 Å². The van der Waals surface area contributed by atoms with Crippen LogP contribution in [0.5, 0.6) is 0 Å². The minimum atomic E-state index is -0.638. The van der Waals surface area contributed by atoms with Crippen molar-refractivity contribution >= 4 is 17.4 Å². The second-order valence-electron chi connectivity index (χ2n) is 9.40. The Kier molecular flexibility index (Phi) is 7.34. The van der Waals surface area contributed by atoms with Crippen LogP contribution in [0.15, 0.2) is 21.2 Å². The number of nitrogens with two attached hydrogens (primary N) is 1. The van der Waals surface area contributed by atoms with Crippen molar-refractivity contribution in [3.63, 3.8) is 0 Å². The molecular weight excluding hydrogens is 384 g/mol. The molecule has 1 aromatic heterocycles. The van der Waals surface area contributed by atoms with Crippen LogP contribution in [0.2, 0.25) is 0 Å². The number of anilines is 2. The van der Waals surface area contributed by atoms with Gasteiger partial charge in [0.25, 0.3) is 5.56 Å². The lowest BCUT2D eigenvalue weighted by Gasteiger charge is -2.25. The summed E-state index contributed by atoms with van der Waals surface area (Å²) in [4.78, 5) is 42.5. The minimum Gasteiger partial charge on any atom is -0.385 e. The largest absolute Gasteiger partial charge is 0.385 e. The zero-order valence-electron chi connectivity index (χ0n) is 19.2. The summed E-state index contributed by atoms with van der Waals surface area (Å²) >= 11 is 0. The molecule has 1 aliphatic rings. The summed E-state index contributed by atoms with van der Waals surface area (Å²) in [7, 11) is 1.59. The molecule has 0 saturated heterocycles. The summed E-state index contributed by atoms with van der Waals surface area (Å²) in [5.41, 5.74) is 6.08. The topological polar surface area (TPSA) is 110 Å². The summed E-state index contributed by atoms with van der Waals surface area (Å²) < 4.78 is 6.47. The van der Waals surface area contributed by atoms with Crippen molar-refractivity contribution in [2.45, 2.75) is 54.5 Å². The number of carbonyl (C=O) groups excluding carboxylic acids is 1. The van der Waals surface area contributed by atoms with Crippen LogP contribution in [0.25, 0.3) is 0 Å². The van der Waals surface area contributed by atoms with Crippen molar-refractivity contribution in [1.29, 1.82) is 0 Å². The van der Waals surface area contributed by atoms with Crippen molar-refractivity contribution in [3.05, 3.63) is 32.5 Å². The third kappa shape index (κ3) is 4.86. The normalized spacial score (nSPS) is 19.6. The third-order valence-electron chi connectivity index (χ3n) is 5.72. The first kappa shape index (κ1) is 23.9. The Morgan fingerprint density at radius 2 is 1.97 bits per heavy atom. The zero-order chi connectivity index (χ0) is 22.8. The highest BCUT2D eigenvalue weighted by atomic mass is 16.5. The first-order valence-corrected chi connectivity index (χ1v) is 10.5. The second kappa shape index (κ2) is 9.20. The maximum absolute atomic E-state index is 13.6. The number of aromatic nitrogens is 2. The molecule has 2 unspecified atom stereocenters. The number of allylic oxidation sites excluding steroid dienone is 2. The maximum atomic E-state index is 13.6. The van der Waals surface area contributed by atoms with E-state index in [0.717, 1.165) is 5.57 Å². The molecule has 168 valence electrons. The molecule has 1 aromatic rings. The summed E-state index contributed by atoms with van der Waals surface area (Å²) in [6.07, 6.45) is 2.66. The predicted molar refractivity (Wildman–Crippen MR) is 120 cm³/mol. The number of nitrogens with zero attached hydrogens (tertiary/aromatic N) is 2. The maximum Gasteiger partial charge on any atom is 0.330 e. The van der Waals surface area contributed by atoms with E-state index in [9.17, 15) is 14.4 Å². The number of hydrogen-bond donors (Lipinski definition) is 2. The molecular formula is C22H36N4O4. The molecule has 8 heteroatoms. The van der Waals surface area contributed by atoms with E-state index >= 15 is 0 Å². The number of carbonyl (C=O) groups is 1. The molecule has 2 rings (SSSR count). The van der Waals surface area contributed by atoms with Crippen molar-refractivity contribution in [2.24, 2.45) is 23.2 Å². The summed E-state index contributed by atoms with van der Waals surface area (Å²) in [5, 5.41) is 0. The van der Waals surface area contributed by atoms with E-state index < -0.39 is 11.2 Å². The van der Waals surface area contributed by atoms with Crippen molar-refractivity contribution < 1.29 is 9.53 Å². The standard InChI is InChI=1S/C22H36N4O4/c1-13(2)11-15-16(22(15,5)6)20(28)25(9-8-10-30-7)17-18(23)26(12-14(3)4)21(29)24-19(17)27/h11,14-16H,8-10,12,23H2,1-7H3,(H,24,27,29). The Morgan fingerprint density at radius 1 is 1.33 bits per heavy atom. The van der Waals surface area contributed by atoms with Crippen molar-refractivity contribution in [1.82, 2.24) is 9.55 Å². The fourth-order valence-electron chi connectivity index (χ4n) is 4.07. The molecule has 3 N–H and O–H groups in total. The molecule has 0 spiro atoms. The molecule has 0 aliphatic heterocycles. The Bertz CT molecular complexity index is 922. The van der Waals surface area contributed by atoms with Gasteiger partial charge in [-0.25, -0.2) is 4.79 Å². The van der Waals surface area contributed by atoms with Gasteiger partial charge in [0.2, 0.25) is 5.91 Å². The van der Waals surface area contributed by atoms with Gasteiger partial charge in [-0.15, -0.1) is 0 Å². The Balaban J connectivity index is 2.53. The van der Waals surface area contributed by atoms with Gasteiger partial charge in [-0.05, 0) is 37.5 Å². The number of ether oxygens (including phenoxy) is 1. The Labute approximate surface area is 178 Å². The van der Waals surface area contributed by atoms with Crippen LogP contribution in [0.3, 0.4) is 0 Å². The Hall–Kier alpha value is -2.35. The molecule has 1 aliphatic carbocycles. The molecule has 1 heterocycles. The minimum absolute atomic E-state index is 0.0282. The highest BCUT2D eigenvalue weighted by Gasteiger charge is 2.61. The van der Waals surface area contributed by atoms with E-state index in [1.807, 2.05) is 27.7 Å². The SMILES string of the molecule is COCCCN(C(=O)C1C(C=C(C)C)C1(C)C)c1c(N)n(CC(C)C)c(=O)[nH]c1=O. The lowest BCUT2D eigenvalue weighted by molar-refractivity contribution is -0.120. The van der Waals surface area contributed by atoms with E-state index in [4.69, 9.17) is 10.5 Å². The van der Waals surface area contributed by atoms with Crippen LogP contribution in [0.1, 0.15) is 48.0 Å². The molecule has 2 atom stereocenters. The highest BCUT2D eigenvalue weighted by molar-refractivity contribution is 5.99. The van der Waals surface area contributed by atoms with E-state index in [1.54, 1.807) is 7.11 Å². The zero-order valence-corrected chi connectivity index (χ0v) is 19.2. The van der Waals surface area contributed by atoms with Gasteiger partial charge in [-0.3, -0.25) is 19.1 Å². The van der Waals surface area contributed by atoms with Crippen molar-refractivity contribution in [2.75, 3.05) is 30.9 Å². The molecule has 8 nitrogen and oxygen atoms in total. The van der Waals surface area contributed by atoms with Crippen LogP contribution >= 0.6 is 0 Å². The summed E-state index contributed by atoms with van der Waals surface area (Å²) in [6.45, 7) is 13.1. The third-order valence-corrected chi connectivity index (χ3v) is 5.72.